The lowest BCUT2D eigenvalue weighted by atomic mass is 10.1. The van der Waals surface area contributed by atoms with Crippen LogP contribution in [-0.4, -0.2) is 38.1 Å². The quantitative estimate of drug-likeness (QED) is 0.326. The van der Waals surface area contributed by atoms with E-state index in [0.717, 1.165) is 57.9 Å². The molecule has 6 rings (SSSR count). The summed E-state index contributed by atoms with van der Waals surface area (Å²) < 4.78 is 0. The number of anilines is 1. The van der Waals surface area contributed by atoms with Gasteiger partial charge in [0.2, 0.25) is 0 Å². The summed E-state index contributed by atoms with van der Waals surface area (Å²) in [6.07, 6.45) is 3.86. The SMILES string of the molecule is C.Oc1ccc(-c2nc3ccc(-c4nc5ccc(N6CCCCC6)cc5[nH]4)cc3[nH]2)cc1. The molecule has 0 unspecified atom stereocenters. The van der Waals surface area contributed by atoms with E-state index in [0.29, 0.717) is 0 Å². The lowest BCUT2D eigenvalue weighted by molar-refractivity contribution is 0.475. The van der Waals surface area contributed by atoms with Crippen molar-refractivity contribution in [3.05, 3.63) is 60.7 Å². The minimum atomic E-state index is 0. The van der Waals surface area contributed by atoms with E-state index in [9.17, 15) is 5.11 Å². The van der Waals surface area contributed by atoms with Gasteiger partial charge in [-0.3, -0.25) is 0 Å². The fourth-order valence-corrected chi connectivity index (χ4v) is 4.40. The summed E-state index contributed by atoms with van der Waals surface area (Å²) in [6.45, 7) is 2.26. The number of phenolic OH excluding ortho intramolecular Hbond substituents is 1. The highest BCUT2D eigenvalue weighted by atomic mass is 16.3. The van der Waals surface area contributed by atoms with Crippen LogP contribution in [0.3, 0.4) is 0 Å². The zero-order valence-electron chi connectivity index (χ0n) is 17.1. The van der Waals surface area contributed by atoms with Gasteiger partial charge in [-0.1, -0.05) is 7.43 Å². The number of H-pyrrole nitrogens is 2. The first-order valence-electron chi connectivity index (χ1n) is 10.8. The van der Waals surface area contributed by atoms with Gasteiger partial charge >= 0.3 is 0 Å². The van der Waals surface area contributed by atoms with Crippen molar-refractivity contribution in [2.24, 2.45) is 0 Å². The van der Waals surface area contributed by atoms with Crippen molar-refractivity contribution in [3.63, 3.8) is 0 Å². The summed E-state index contributed by atoms with van der Waals surface area (Å²) in [5.74, 6) is 1.88. The van der Waals surface area contributed by atoms with E-state index < -0.39 is 0 Å². The molecule has 32 heavy (non-hydrogen) atoms. The minimum Gasteiger partial charge on any atom is -0.508 e. The molecule has 1 aliphatic rings. The van der Waals surface area contributed by atoms with Crippen LogP contribution in [0.2, 0.25) is 0 Å². The highest BCUT2D eigenvalue weighted by Gasteiger charge is 2.14. The van der Waals surface area contributed by atoms with Gasteiger partial charge < -0.3 is 20.0 Å². The van der Waals surface area contributed by atoms with Crippen LogP contribution < -0.4 is 4.90 Å². The molecule has 0 atom stereocenters. The van der Waals surface area contributed by atoms with Gasteiger partial charge in [-0.2, -0.15) is 0 Å². The van der Waals surface area contributed by atoms with Crippen LogP contribution in [0.15, 0.2) is 60.7 Å². The van der Waals surface area contributed by atoms with Crippen molar-refractivity contribution in [1.29, 1.82) is 0 Å². The maximum atomic E-state index is 9.51. The lowest BCUT2D eigenvalue weighted by Crippen LogP contribution is -2.29. The number of aromatic hydroxyl groups is 1. The summed E-state index contributed by atoms with van der Waals surface area (Å²) in [6, 6.07) is 19.7. The number of piperidine rings is 1. The normalized spacial score (nSPS) is 14.1. The van der Waals surface area contributed by atoms with Gasteiger partial charge in [-0.15, -0.1) is 0 Å². The summed E-state index contributed by atoms with van der Waals surface area (Å²) >= 11 is 0. The van der Waals surface area contributed by atoms with Crippen LogP contribution in [0.1, 0.15) is 26.7 Å². The third kappa shape index (κ3) is 3.58. The topological polar surface area (TPSA) is 80.8 Å². The molecule has 6 nitrogen and oxygen atoms in total. The Kier molecular flexibility index (Phi) is 5.05. The van der Waals surface area contributed by atoms with Gasteiger partial charge in [0.15, 0.2) is 0 Å². The molecule has 3 heterocycles. The average Bonchev–Trinajstić information content (AvgIpc) is 3.43. The number of benzene rings is 3. The van der Waals surface area contributed by atoms with E-state index in [1.54, 1.807) is 12.1 Å². The van der Waals surface area contributed by atoms with Crippen LogP contribution in [0.5, 0.6) is 5.75 Å². The van der Waals surface area contributed by atoms with Crippen LogP contribution in [0.25, 0.3) is 44.8 Å². The molecule has 0 radical (unpaired) electrons. The number of aromatic nitrogens is 4. The van der Waals surface area contributed by atoms with Gasteiger partial charge in [0.25, 0.3) is 0 Å². The van der Waals surface area contributed by atoms with Gasteiger partial charge in [0.1, 0.15) is 17.4 Å². The van der Waals surface area contributed by atoms with Gasteiger partial charge in [0.05, 0.1) is 22.1 Å². The molecule has 1 fully saturated rings. The van der Waals surface area contributed by atoms with E-state index in [1.165, 1.54) is 24.9 Å². The van der Waals surface area contributed by atoms with Gasteiger partial charge in [-0.25, -0.2) is 9.97 Å². The summed E-state index contributed by atoms with van der Waals surface area (Å²) in [5.41, 5.74) is 7.11. The number of aromatic amines is 2. The number of fused-ring (bicyclic) bond motifs is 2. The Morgan fingerprint density at radius 2 is 1.28 bits per heavy atom. The van der Waals surface area contributed by atoms with E-state index >= 15 is 0 Å². The highest BCUT2D eigenvalue weighted by Crippen LogP contribution is 2.29. The first kappa shape index (κ1) is 20.1. The minimum absolute atomic E-state index is 0. The van der Waals surface area contributed by atoms with E-state index in [2.05, 4.69) is 44.1 Å². The number of imidazole rings is 2. The summed E-state index contributed by atoms with van der Waals surface area (Å²) in [4.78, 5) is 18.8. The molecule has 3 N–H and O–H groups in total. The molecule has 2 aromatic heterocycles. The zero-order chi connectivity index (χ0) is 20.8. The molecule has 1 saturated heterocycles. The van der Waals surface area contributed by atoms with Crippen molar-refractivity contribution in [2.45, 2.75) is 26.7 Å². The number of nitrogens with one attached hydrogen (secondary N) is 2. The van der Waals surface area contributed by atoms with Crippen molar-refractivity contribution < 1.29 is 5.11 Å². The van der Waals surface area contributed by atoms with Crippen molar-refractivity contribution >= 4 is 27.8 Å². The monoisotopic (exact) mass is 425 g/mol. The molecule has 3 aromatic carbocycles. The predicted molar refractivity (Wildman–Crippen MR) is 131 cm³/mol. The first-order valence-corrected chi connectivity index (χ1v) is 10.8. The fourth-order valence-electron chi connectivity index (χ4n) is 4.40. The molecular formula is C26H27N5O. The average molecular weight is 426 g/mol. The fraction of sp³-hybridized carbons (Fsp3) is 0.231. The standard InChI is InChI=1S/C25H23N5O.CH4/c31-19-8-4-16(5-9-19)24-26-20-10-6-17(14-22(20)28-24)25-27-21-11-7-18(15-23(21)29-25)30-12-2-1-3-13-30;/h4-11,14-15,31H,1-3,12-13H2,(H,26,28)(H,27,29);1H4. The third-order valence-electron chi connectivity index (χ3n) is 6.08. The second-order valence-corrected chi connectivity index (χ2v) is 8.20. The number of hydrogen-bond donors (Lipinski definition) is 3. The lowest BCUT2D eigenvalue weighted by Gasteiger charge is -2.28. The summed E-state index contributed by atoms with van der Waals surface area (Å²) in [5, 5.41) is 9.51. The largest absolute Gasteiger partial charge is 0.508 e. The van der Waals surface area contributed by atoms with Crippen molar-refractivity contribution in [3.8, 4) is 28.5 Å². The number of hydrogen-bond acceptors (Lipinski definition) is 4. The molecule has 1 aliphatic heterocycles. The Morgan fingerprint density at radius 1 is 0.688 bits per heavy atom. The molecule has 6 heteroatoms. The van der Waals surface area contributed by atoms with Crippen LogP contribution in [0.4, 0.5) is 5.69 Å². The predicted octanol–water partition coefficient (Wildman–Crippen LogP) is 6.11. The van der Waals surface area contributed by atoms with Gasteiger partial charge in [-0.05, 0) is 79.9 Å². The number of phenols is 1. The van der Waals surface area contributed by atoms with Crippen LogP contribution in [-0.2, 0) is 0 Å². The van der Waals surface area contributed by atoms with Crippen molar-refractivity contribution in [1.82, 2.24) is 19.9 Å². The number of rotatable bonds is 3. The van der Waals surface area contributed by atoms with Gasteiger partial charge in [0, 0.05) is 29.9 Å². The molecule has 0 spiro atoms. The molecule has 0 bridgehead atoms. The van der Waals surface area contributed by atoms with E-state index in [4.69, 9.17) is 4.98 Å². The second-order valence-electron chi connectivity index (χ2n) is 8.20. The molecule has 0 amide bonds. The Morgan fingerprint density at radius 3 is 2.00 bits per heavy atom. The summed E-state index contributed by atoms with van der Waals surface area (Å²) in [7, 11) is 0. The van der Waals surface area contributed by atoms with Crippen LogP contribution in [0, 0.1) is 0 Å². The maximum Gasteiger partial charge on any atom is 0.138 e. The smallest absolute Gasteiger partial charge is 0.138 e. The first-order chi connectivity index (χ1) is 15.2. The highest BCUT2D eigenvalue weighted by molar-refractivity contribution is 5.87. The Balaban J connectivity index is 0.00000216. The van der Waals surface area contributed by atoms with Crippen LogP contribution >= 0.6 is 0 Å². The van der Waals surface area contributed by atoms with E-state index in [1.807, 2.05) is 24.3 Å². The molecule has 162 valence electrons. The zero-order valence-corrected chi connectivity index (χ0v) is 17.1. The Labute approximate surface area is 187 Å². The molecule has 0 saturated carbocycles. The Bertz CT molecular complexity index is 1380. The maximum absolute atomic E-state index is 9.51. The number of nitrogens with zero attached hydrogens (tertiary/aromatic N) is 3. The molecule has 0 aliphatic carbocycles. The van der Waals surface area contributed by atoms with E-state index in [-0.39, 0.29) is 13.2 Å². The van der Waals surface area contributed by atoms with Crippen molar-refractivity contribution in [2.75, 3.05) is 18.0 Å². The Hall–Kier alpha value is -3.80. The second kappa shape index (κ2) is 8.04. The third-order valence-corrected chi connectivity index (χ3v) is 6.08. The molecule has 5 aromatic rings. The molecular weight excluding hydrogens is 398 g/mol.